The Hall–Kier alpha value is -3.68. The number of ether oxygens (including phenoxy) is 1. The van der Waals surface area contributed by atoms with E-state index in [1.807, 2.05) is 12.1 Å². The molecule has 0 radical (unpaired) electrons. The molecule has 32 heavy (non-hydrogen) atoms. The van der Waals surface area contributed by atoms with Crippen LogP contribution in [0.25, 0.3) is 22.3 Å². The molecule has 0 unspecified atom stereocenters. The molecule has 2 N–H and O–H groups in total. The number of piperazine rings is 1. The third kappa shape index (κ3) is 4.64. The number of anilines is 2. The Morgan fingerprint density at radius 2 is 1.84 bits per heavy atom. The van der Waals surface area contributed by atoms with Crippen LogP contribution in [0.5, 0.6) is 0 Å². The van der Waals surface area contributed by atoms with Crippen LogP contribution in [0.1, 0.15) is 19.0 Å². The van der Waals surface area contributed by atoms with Crippen LogP contribution < -0.4 is 10.6 Å². The number of nitrogens with two attached hydrogens (primary N) is 1. The molecule has 4 rings (SSSR count). The van der Waals surface area contributed by atoms with Crippen LogP contribution in [0.15, 0.2) is 49.1 Å². The number of hydrogen-bond donors (Lipinski definition) is 1. The summed E-state index contributed by atoms with van der Waals surface area (Å²) in [6.07, 6.45) is 3.07. The Morgan fingerprint density at radius 1 is 1.09 bits per heavy atom. The lowest BCUT2D eigenvalue weighted by molar-refractivity contribution is 0.110. The summed E-state index contributed by atoms with van der Waals surface area (Å²) >= 11 is 0. The number of nitrogens with zero attached hydrogens (tertiary/aromatic N) is 5. The van der Waals surface area contributed by atoms with Crippen molar-refractivity contribution >= 4 is 28.8 Å². The number of aryl methyl sites for hydroxylation is 1. The molecule has 8 heteroatoms. The number of aromatic nitrogens is 3. The van der Waals surface area contributed by atoms with E-state index in [4.69, 9.17) is 15.5 Å². The minimum Gasteiger partial charge on any atom is -0.445 e. The maximum atomic E-state index is 12.0. The van der Waals surface area contributed by atoms with E-state index in [-0.39, 0.29) is 18.6 Å². The topological polar surface area (TPSA) is 97.5 Å². The van der Waals surface area contributed by atoms with Crippen molar-refractivity contribution in [1.82, 2.24) is 19.9 Å². The molecule has 1 aliphatic rings. The highest BCUT2D eigenvalue weighted by Crippen LogP contribution is 2.26. The van der Waals surface area contributed by atoms with Gasteiger partial charge in [-0.25, -0.2) is 19.7 Å². The second kappa shape index (κ2) is 9.64. The van der Waals surface area contributed by atoms with E-state index in [9.17, 15) is 4.79 Å². The summed E-state index contributed by atoms with van der Waals surface area (Å²) < 4.78 is 5.12. The van der Waals surface area contributed by atoms with Gasteiger partial charge in [0.15, 0.2) is 0 Å². The van der Waals surface area contributed by atoms with Gasteiger partial charge in [0.1, 0.15) is 12.1 Å². The smallest absolute Gasteiger partial charge is 0.410 e. The van der Waals surface area contributed by atoms with Gasteiger partial charge in [-0.2, -0.15) is 0 Å². The Morgan fingerprint density at radius 3 is 2.53 bits per heavy atom. The number of rotatable bonds is 6. The fraction of sp³-hybridized carbons (Fsp3) is 0.333. The molecule has 1 amide bonds. The maximum absolute atomic E-state index is 12.0. The summed E-state index contributed by atoms with van der Waals surface area (Å²) in [5.41, 5.74) is 11.3. The largest absolute Gasteiger partial charge is 0.445 e. The first-order chi connectivity index (χ1) is 15.6. The maximum Gasteiger partial charge on any atom is 0.410 e. The Balaban J connectivity index is 1.48. The lowest BCUT2D eigenvalue weighted by Crippen LogP contribution is -2.49. The number of amides is 1. The number of carbonyl (C=O) groups is 1. The van der Waals surface area contributed by atoms with E-state index in [0.29, 0.717) is 13.1 Å². The summed E-state index contributed by atoms with van der Waals surface area (Å²) in [6.45, 7) is 8.70. The van der Waals surface area contributed by atoms with Crippen molar-refractivity contribution in [2.45, 2.75) is 19.8 Å². The molecule has 1 saturated heterocycles. The molecular formula is C24H28N6O2. The summed E-state index contributed by atoms with van der Waals surface area (Å²) in [7, 11) is 0. The number of fused-ring (bicyclic) bond motifs is 1. The van der Waals surface area contributed by atoms with Crippen molar-refractivity contribution in [3.8, 4) is 11.3 Å². The van der Waals surface area contributed by atoms with Crippen LogP contribution in [-0.4, -0.2) is 58.7 Å². The van der Waals surface area contributed by atoms with Gasteiger partial charge in [0.2, 0.25) is 5.95 Å². The van der Waals surface area contributed by atoms with Crippen LogP contribution in [0.2, 0.25) is 0 Å². The van der Waals surface area contributed by atoms with Gasteiger partial charge in [-0.15, -0.1) is 0 Å². The Kier molecular flexibility index (Phi) is 6.49. The fourth-order valence-corrected chi connectivity index (χ4v) is 3.88. The SMILES string of the molecule is C=CCOC(=O)N1CCN(c2ccc(-c3ccc4nc(N)nc(CCC)c4n3)cc2)CC1. The van der Waals surface area contributed by atoms with E-state index in [0.717, 1.165) is 59.6 Å². The predicted molar refractivity (Wildman–Crippen MR) is 127 cm³/mol. The van der Waals surface area contributed by atoms with Gasteiger partial charge in [-0.3, -0.25) is 0 Å². The highest BCUT2D eigenvalue weighted by atomic mass is 16.6. The average molecular weight is 433 g/mol. The second-order valence-electron chi connectivity index (χ2n) is 7.73. The van der Waals surface area contributed by atoms with E-state index >= 15 is 0 Å². The van der Waals surface area contributed by atoms with Gasteiger partial charge in [-0.05, 0) is 30.7 Å². The highest BCUT2D eigenvalue weighted by molar-refractivity contribution is 5.81. The third-order valence-electron chi connectivity index (χ3n) is 5.51. The molecule has 3 aromatic rings. The molecule has 0 bridgehead atoms. The highest BCUT2D eigenvalue weighted by Gasteiger charge is 2.22. The van der Waals surface area contributed by atoms with Crippen LogP contribution in [0, 0.1) is 0 Å². The zero-order chi connectivity index (χ0) is 22.5. The zero-order valence-corrected chi connectivity index (χ0v) is 18.3. The molecule has 2 aromatic heterocycles. The van der Waals surface area contributed by atoms with Crippen LogP contribution >= 0.6 is 0 Å². The first kappa shape index (κ1) is 21.5. The first-order valence-electron chi connectivity index (χ1n) is 10.9. The molecule has 8 nitrogen and oxygen atoms in total. The number of hydrogen-bond acceptors (Lipinski definition) is 7. The first-order valence-corrected chi connectivity index (χ1v) is 10.9. The quantitative estimate of drug-likeness (QED) is 0.594. The molecule has 1 aliphatic heterocycles. The van der Waals surface area contributed by atoms with Crippen molar-refractivity contribution in [3.63, 3.8) is 0 Å². The number of pyridine rings is 1. The summed E-state index contributed by atoms with van der Waals surface area (Å²) in [5.74, 6) is 0.286. The monoisotopic (exact) mass is 432 g/mol. The zero-order valence-electron chi connectivity index (χ0n) is 18.3. The van der Waals surface area contributed by atoms with E-state index < -0.39 is 0 Å². The van der Waals surface area contributed by atoms with Gasteiger partial charge in [0, 0.05) is 37.4 Å². The lowest BCUT2D eigenvalue weighted by atomic mass is 10.1. The van der Waals surface area contributed by atoms with Crippen molar-refractivity contribution in [1.29, 1.82) is 0 Å². The van der Waals surface area contributed by atoms with Gasteiger partial charge in [0.05, 0.1) is 16.9 Å². The normalized spacial score (nSPS) is 13.9. The number of benzene rings is 1. The molecule has 0 aliphatic carbocycles. The average Bonchev–Trinajstić information content (AvgIpc) is 2.82. The van der Waals surface area contributed by atoms with Crippen molar-refractivity contribution < 1.29 is 9.53 Å². The summed E-state index contributed by atoms with van der Waals surface area (Å²) in [6, 6.07) is 12.3. The third-order valence-corrected chi connectivity index (χ3v) is 5.51. The Bertz CT molecular complexity index is 1110. The molecular weight excluding hydrogens is 404 g/mol. The summed E-state index contributed by atoms with van der Waals surface area (Å²) in [5, 5.41) is 0. The summed E-state index contributed by atoms with van der Waals surface area (Å²) in [4.78, 5) is 29.5. The standard InChI is InChI=1S/C24H28N6O2/c1-3-5-20-22-21(28-23(25)27-20)11-10-19(26-22)17-6-8-18(9-7-17)29-12-14-30(15-13-29)24(31)32-16-4-2/h4,6-11H,2-3,5,12-16H2,1H3,(H2,25,27,28). The van der Waals surface area contributed by atoms with E-state index in [1.54, 1.807) is 11.0 Å². The minimum absolute atomic E-state index is 0.239. The predicted octanol–water partition coefficient (Wildman–Crippen LogP) is 3.67. The molecule has 0 saturated carbocycles. The van der Waals surface area contributed by atoms with E-state index in [2.05, 4.69) is 52.6 Å². The van der Waals surface area contributed by atoms with Crippen molar-refractivity contribution in [3.05, 3.63) is 54.7 Å². The number of carbonyl (C=O) groups excluding carboxylic acids is 1. The molecule has 0 spiro atoms. The Labute approximate surface area is 187 Å². The fourth-order valence-electron chi connectivity index (χ4n) is 3.88. The van der Waals surface area contributed by atoms with Crippen molar-refractivity contribution in [2.24, 2.45) is 0 Å². The molecule has 0 atom stereocenters. The van der Waals surface area contributed by atoms with Gasteiger partial charge in [0.25, 0.3) is 0 Å². The van der Waals surface area contributed by atoms with Gasteiger partial charge >= 0.3 is 6.09 Å². The van der Waals surface area contributed by atoms with Crippen LogP contribution in [0.3, 0.4) is 0 Å². The van der Waals surface area contributed by atoms with E-state index in [1.165, 1.54) is 0 Å². The molecule has 3 heterocycles. The second-order valence-corrected chi connectivity index (χ2v) is 7.73. The number of nitrogen functional groups attached to an aromatic ring is 1. The minimum atomic E-state index is -0.282. The molecule has 1 aromatic carbocycles. The van der Waals surface area contributed by atoms with Crippen molar-refractivity contribution in [2.75, 3.05) is 43.4 Å². The van der Waals surface area contributed by atoms with Crippen LogP contribution in [0.4, 0.5) is 16.4 Å². The van der Waals surface area contributed by atoms with Gasteiger partial charge < -0.3 is 20.3 Å². The van der Waals surface area contributed by atoms with Crippen LogP contribution in [-0.2, 0) is 11.2 Å². The molecule has 166 valence electrons. The molecule has 1 fully saturated rings. The lowest BCUT2D eigenvalue weighted by Gasteiger charge is -2.35. The van der Waals surface area contributed by atoms with Gasteiger partial charge in [-0.1, -0.05) is 38.1 Å².